The van der Waals surface area contributed by atoms with Crippen LogP contribution in [0, 0.1) is 12.7 Å². The topological polar surface area (TPSA) is 25.8 Å². The number of hydrogen-bond donors (Lipinski definition) is 0. The summed E-state index contributed by atoms with van der Waals surface area (Å²) in [6.07, 6.45) is 0. The second kappa shape index (κ2) is 3.22. The first kappa shape index (κ1) is 10.4. The van der Waals surface area contributed by atoms with Crippen molar-refractivity contribution in [1.82, 2.24) is 9.97 Å². The number of rotatable bonds is 0. The van der Waals surface area contributed by atoms with Crippen molar-refractivity contribution < 1.29 is 4.39 Å². The molecular weight excluding hydrogens is 191 g/mol. The molecule has 1 heterocycles. The van der Waals surface area contributed by atoms with Gasteiger partial charge in [0.2, 0.25) is 0 Å². The molecule has 0 spiro atoms. The molecule has 0 saturated heterocycles. The monoisotopic (exact) mass is 202 g/mol. The lowest BCUT2D eigenvalue weighted by Crippen LogP contribution is -2.17. The van der Waals surface area contributed by atoms with Crippen molar-refractivity contribution in [3.05, 3.63) is 22.5 Å². The summed E-state index contributed by atoms with van der Waals surface area (Å²) in [5.41, 5.74) is 0.0900. The fourth-order valence-corrected chi connectivity index (χ4v) is 1.08. The zero-order chi connectivity index (χ0) is 10.2. The van der Waals surface area contributed by atoms with Crippen molar-refractivity contribution in [3.63, 3.8) is 0 Å². The van der Waals surface area contributed by atoms with Gasteiger partial charge in [0.25, 0.3) is 0 Å². The van der Waals surface area contributed by atoms with Crippen LogP contribution < -0.4 is 0 Å². The second-order valence-electron chi connectivity index (χ2n) is 3.99. The van der Waals surface area contributed by atoms with Gasteiger partial charge in [0.15, 0.2) is 11.0 Å². The van der Waals surface area contributed by atoms with Crippen LogP contribution in [0.2, 0.25) is 5.15 Å². The van der Waals surface area contributed by atoms with Gasteiger partial charge in [-0.2, -0.15) is 0 Å². The zero-order valence-electron chi connectivity index (χ0n) is 8.15. The van der Waals surface area contributed by atoms with E-state index in [1.165, 1.54) is 0 Å². The predicted molar refractivity (Wildman–Crippen MR) is 50.4 cm³/mol. The Balaban J connectivity index is 3.29. The van der Waals surface area contributed by atoms with E-state index >= 15 is 0 Å². The zero-order valence-corrected chi connectivity index (χ0v) is 8.91. The van der Waals surface area contributed by atoms with Gasteiger partial charge in [-0.1, -0.05) is 32.4 Å². The lowest BCUT2D eigenvalue weighted by Gasteiger charge is -2.17. The summed E-state index contributed by atoms with van der Waals surface area (Å²) in [6.45, 7) is 7.44. The Bertz CT molecular complexity index is 308. The van der Waals surface area contributed by atoms with Gasteiger partial charge < -0.3 is 0 Å². The number of nitrogens with zero attached hydrogens (tertiary/aromatic N) is 2. The van der Waals surface area contributed by atoms with Gasteiger partial charge in [0.05, 0.1) is 5.69 Å². The van der Waals surface area contributed by atoms with E-state index < -0.39 is 5.82 Å². The molecule has 1 aromatic heterocycles. The summed E-state index contributed by atoms with van der Waals surface area (Å²) >= 11 is 5.60. The number of aryl methyl sites for hydroxylation is 1. The molecule has 1 aromatic rings. The Kier molecular flexibility index (Phi) is 2.57. The Morgan fingerprint density at radius 2 is 1.77 bits per heavy atom. The highest BCUT2D eigenvalue weighted by Crippen LogP contribution is 2.22. The smallest absolute Gasteiger partial charge is 0.181 e. The molecule has 0 amide bonds. The van der Waals surface area contributed by atoms with Crippen LogP contribution in [0.25, 0.3) is 0 Å². The molecule has 72 valence electrons. The number of halogens is 2. The molecule has 0 radical (unpaired) electrons. The van der Waals surface area contributed by atoms with Gasteiger partial charge in [-0.3, -0.25) is 0 Å². The average Bonchev–Trinajstić information content (AvgIpc) is 1.97. The summed E-state index contributed by atoms with van der Waals surface area (Å²) < 4.78 is 13.0. The van der Waals surface area contributed by atoms with E-state index in [4.69, 9.17) is 11.6 Å². The van der Waals surface area contributed by atoms with Crippen molar-refractivity contribution in [2.24, 2.45) is 0 Å². The van der Waals surface area contributed by atoms with Crippen LogP contribution in [-0.2, 0) is 5.41 Å². The molecule has 0 atom stereocenters. The fraction of sp³-hybridized carbons (Fsp3) is 0.556. The molecule has 0 bridgehead atoms. The molecule has 0 unspecified atom stereocenters. The Morgan fingerprint density at radius 1 is 1.23 bits per heavy atom. The third-order valence-electron chi connectivity index (χ3n) is 1.65. The molecule has 0 aliphatic heterocycles. The molecule has 0 saturated carbocycles. The fourth-order valence-electron chi connectivity index (χ4n) is 0.860. The third kappa shape index (κ3) is 2.15. The Labute approximate surface area is 82.2 Å². The Hall–Kier alpha value is -0.700. The number of aromatic nitrogens is 2. The van der Waals surface area contributed by atoms with E-state index in [1.54, 1.807) is 6.92 Å². The van der Waals surface area contributed by atoms with Crippen LogP contribution in [0.1, 0.15) is 32.3 Å². The largest absolute Gasteiger partial charge is 0.234 e. The van der Waals surface area contributed by atoms with E-state index in [0.29, 0.717) is 11.5 Å². The molecular formula is C9H12ClFN2. The van der Waals surface area contributed by atoms with Gasteiger partial charge >= 0.3 is 0 Å². The van der Waals surface area contributed by atoms with Crippen molar-refractivity contribution in [2.75, 3.05) is 0 Å². The quantitative estimate of drug-likeness (QED) is 0.605. The maximum absolute atomic E-state index is 13.0. The minimum Gasteiger partial charge on any atom is -0.234 e. The molecule has 4 heteroatoms. The maximum atomic E-state index is 13.0. The minimum absolute atomic E-state index is 0.0996. The van der Waals surface area contributed by atoms with Crippen molar-refractivity contribution in [1.29, 1.82) is 0 Å². The van der Waals surface area contributed by atoms with Gasteiger partial charge in [0, 0.05) is 5.41 Å². The van der Waals surface area contributed by atoms with Crippen LogP contribution >= 0.6 is 11.6 Å². The van der Waals surface area contributed by atoms with Gasteiger partial charge in [0.1, 0.15) is 5.82 Å². The first-order valence-electron chi connectivity index (χ1n) is 4.02. The Morgan fingerprint density at radius 3 is 2.15 bits per heavy atom. The summed E-state index contributed by atoms with van der Waals surface area (Å²) in [5, 5.41) is -0.0996. The summed E-state index contributed by atoms with van der Waals surface area (Å²) in [5.74, 6) is 0.0334. The van der Waals surface area contributed by atoms with Gasteiger partial charge in [-0.15, -0.1) is 0 Å². The maximum Gasteiger partial charge on any atom is 0.181 e. The van der Waals surface area contributed by atoms with Gasteiger partial charge in [-0.05, 0) is 6.92 Å². The molecule has 2 nitrogen and oxygen atoms in total. The highest BCUT2D eigenvalue weighted by atomic mass is 35.5. The summed E-state index contributed by atoms with van der Waals surface area (Å²) in [7, 11) is 0. The van der Waals surface area contributed by atoms with E-state index in [2.05, 4.69) is 9.97 Å². The highest BCUT2D eigenvalue weighted by Gasteiger charge is 2.20. The molecule has 0 aliphatic carbocycles. The summed E-state index contributed by atoms with van der Waals surface area (Å²) in [6, 6.07) is 0. The van der Waals surface area contributed by atoms with Crippen LogP contribution in [0.15, 0.2) is 0 Å². The molecule has 0 aliphatic rings. The van der Waals surface area contributed by atoms with E-state index in [9.17, 15) is 4.39 Å². The SMILES string of the molecule is Cc1nc(C(C)(C)C)nc(Cl)c1F. The number of hydrogen-bond acceptors (Lipinski definition) is 2. The van der Waals surface area contributed by atoms with Crippen LogP contribution in [-0.4, -0.2) is 9.97 Å². The van der Waals surface area contributed by atoms with E-state index in [1.807, 2.05) is 20.8 Å². The molecule has 1 rings (SSSR count). The molecule has 0 fully saturated rings. The van der Waals surface area contributed by atoms with Gasteiger partial charge in [-0.25, -0.2) is 14.4 Å². The predicted octanol–water partition coefficient (Wildman–Crippen LogP) is 2.88. The standard InChI is InChI=1S/C9H12ClFN2/c1-5-6(11)7(10)13-8(12-5)9(2,3)4/h1-4H3. The third-order valence-corrected chi connectivity index (χ3v) is 1.90. The van der Waals surface area contributed by atoms with Crippen LogP contribution in [0.5, 0.6) is 0 Å². The lowest BCUT2D eigenvalue weighted by atomic mass is 9.96. The van der Waals surface area contributed by atoms with Crippen molar-refractivity contribution in [3.8, 4) is 0 Å². The lowest BCUT2D eigenvalue weighted by molar-refractivity contribution is 0.524. The minimum atomic E-state index is -0.533. The van der Waals surface area contributed by atoms with Crippen LogP contribution in [0.3, 0.4) is 0 Å². The first-order chi connectivity index (χ1) is 5.82. The molecule has 13 heavy (non-hydrogen) atoms. The van der Waals surface area contributed by atoms with E-state index in [0.717, 1.165) is 0 Å². The molecule has 0 N–H and O–H groups in total. The average molecular weight is 203 g/mol. The normalized spacial score (nSPS) is 11.8. The first-order valence-corrected chi connectivity index (χ1v) is 4.40. The van der Waals surface area contributed by atoms with Crippen LogP contribution in [0.4, 0.5) is 4.39 Å². The highest BCUT2D eigenvalue weighted by molar-refractivity contribution is 6.29. The second-order valence-corrected chi connectivity index (χ2v) is 4.35. The summed E-state index contributed by atoms with van der Waals surface area (Å²) in [4.78, 5) is 7.92. The van der Waals surface area contributed by atoms with E-state index in [-0.39, 0.29) is 10.6 Å². The van der Waals surface area contributed by atoms with Crippen molar-refractivity contribution >= 4 is 11.6 Å². The molecule has 0 aromatic carbocycles. The van der Waals surface area contributed by atoms with Crippen molar-refractivity contribution in [2.45, 2.75) is 33.1 Å².